The van der Waals surface area contributed by atoms with Gasteiger partial charge in [-0.15, -0.1) is 0 Å². The van der Waals surface area contributed by atoms with Gasteiger partial charge in [-0.05, 0) is 66.7 Å². The predicted molar refractivity (Wildman–Crippen MR) is 118 cm³/mol. The van der Waals surface area contributed by atoms with Crippen LogP contribution in [0, 0.1) is 0 Å². The smallest absolute Gasteiger partial charge is 0.118 e. The number of benzene rings is 3. The molecule has 0 aliphatic rings. The molecule has 2 heterocycles. The zero-order valence-corrected chi connectivity index (χ0v) is 16.9. The van der Waals surface area contributed by atoms with Gasteiger partial charge in [0.05, 0.1) is 23.8 Å². The number of hydrogen-bond acceptors (Lipinski definition) is 3. The number of halogens is 2. The topological polar surface area (TPSA) is 39.9 Å². The molecule has 2 aromatic heterocycles. The Hall–Kier alpha value is -3.08. The maximum Gasteiger partial charge on any atom is 0.118 e. The zero-order valence-electron chi connectivity index (χ0n) is 15.4. The number of nitrogens with zero attached hydrogens (tertiary/aromatic N) is 3. The molecule has 0 fully saturated rings. The van der Waals surface area contributed by atoms with Crippen molar-refractivity contribution in [3.63, 3.8) is 0 Å². The standard InChI is InChI=1S/C23H15Cl2N3O/c1-29-18-9-2-14(3-10-18)22-20-13-26-21-11-6-16(25)12-19(21)23(20)28(27-22)17-7-4-15(24)5-8-17/h2-13H,1H3. The molecule has 0 aliphatic heterocycles. The summed E-state index contributed by atoms with van der Waals surface area (Å²) in [6, 6.07) is 21.1. The first kappa shape index (κ1) is 18.0. The molecule has 0 saturated heterocycles. The molecule has 0 aliphatic carbocycles. The van der Waals surface area contributed by atoms with Crippen LogP contribution in [0.15, 0.2) is 72.9 Å². The lowest BCUT2D eigenvalue weighted by Gasteiger charge is -2.06. The molecule has 0 radical (unpaired) electrons. The number of hydrogen-bond donors (Lipinski definition) is 0. The molecule has 5 rings (SSSR count). The van der Waals surface area contributed by atoms with Crippen molar-refractivity contribution in [2.24, 2.45) is 0 Å². The molecule has 0 amide bonds. The van der Waals surface area contributed by atoms with E-state index < -0.39 is 0 Å². The van der Waals surface area contributed by atoms with E-state index >= 15 is 0 Å². The minimum Gasteiger partial charge on any atom is -0.497 e. The largest absolute Gasteiger partial charge is 0.497 e. The van der Waals surface area contributed by atoms with Gasteiger partial charge in [0.15, 0.2) is 0 Å². The van der Waals surface area contributed by atoms with Crippen LogP contribution in [-0.2, 0) is 0 Å². The highest BCUT2D eigenvalue weighted by atomic mass is 35.5. The van der Waals surface area contributed by atoms with Gasteiger partial charge >= 0.3 is 0 Å². The van der Waals surface area contributed by atoms with E-state index in [1.54, 1.807) is 7.11 Å². The van der Waals surface area contributed by atoms with E-state index in [4.69, 9.17) is 33.0 Å². The molecule has 0 N–H and O–H groups in total. The Bertz CT molecular complexity index is 1340. The number of methoxy groups -OCH3 is 1. The highest BCUT2D eigenvalue weighted by molar-refractivity contribution is 6.32. The van der Waals surface area contributed by atoms with Gasteiger partial charge in [-0.2, -0.15) is 5.10 Å². The normalized spacial score (nSPS) is 11.3. The van der Waals surface area contributed by atoms with Gasteiger partial charge in [0.1, 0.15) is 11.4 Å². The first-order valence-electron chi connectivity index (χ1n) is 9.01. The summed E-state index contributed by atoms with van der Waals surface area (Å²) in [5.74, 6) is 0.797. The van der Waals surface area contributed by atoms with E-state index in [1.807, 2.05) is 77.6 Å². The van der Waals surface area contributed by atoms with Crippen molar-refractivity contribution in [2.75, 3.05) is 7.11 Å². The summed E-state index contributed by atoms with van der Waals surface area (Å²) in [4.78, 5) is 4.63. The lowest BCUT2D eigenvalue weighted by atomic mass is 10.1. The van der Waals surface area contributed by atoms with Crippen LogP contribution in [0.25, 0.3) is 38.8 Å². The number of ether oxygens (including phenoxy) is 1. The molecule has 4 nitrogen and oxygen atoms in total. The summed E-state index contributed by atoms with van der Waals surface area (Å²) >= 11 is 12.4. The molecule has 5 aromatic rings. The monoisotopic (exact) mass is 419 g/mol. The van der Waals surface area contributed by atoms with Crippen molar-refractivity contribution in [1.82, 2.24) is 14.8 Å². The van der Waals surface area contributed by atoms with Gasteiger partial charge in [-0.3, -0.25) is 4.98 Å². The molecule has 3 aromatic carbocycles. The van der Waals surface area contributed by atoms with Crippen molar-refractivity contribution in [1.29, 1.82) is 0 Å². The Morgan fingerprint density at radius 3 is 2.28 bits per heavy atom. The second-order valence-corrected chi connectivity index (χ2v) is 7.52. The summed E-state index contributed by atoms with van der Waals surface area (Å²) in [5, 5.41) is 8.16. The zero-order chi connectivity index (χ0) is 20.0. The average Bonchev–Trinajstić information content (AvgIpc) is 3.14. The Morgan fingerprint density at radius 2 is 1.55 bits per heavy atom. The first-order chi connectivity index (χ1) is 14.1. The Labute approximate surface area is 177 Å². The number of aromatic nitrogens is 3. The van der Waals surface area contributed by atoms with Gasteiger partial charge in [0.25, 0.3) is 0 Å². The van der Waals surface area contributed by atoms with Crippen LogP contribution in [-0.4, -0.2) is 21.9 Å². The molecular formula is C23H15Cl2N3O. The molecule has 0 bridgehead atoms. The predicted octanol–water partition coefficient (Wildman–Crippen LogP) is 6.56. The van der Waals surface area contributed by atoms with Crippen molar-refractivity contribution >= 4 is 45.0 Å². The first-order valence-corrected chi connectivity index (χ1v) is 9.77. The van der Waals surface area contributed by atoms with E-state index in [0.29, 0.717) is 10.0 Å². The van der Waals surface area contributed by atoms with Crippen LogP contribution >= 0.6 is 23.2 Å². The summed E-state index contributed by atoms with van der Waals surface area (Å²) in [5.41, 5.74) is 4.54. The summed E-state index contributed by atoms with van der Waals surface area (Å²) in [7, 11) is 1.65. The van der Waals surface area contributed by atoms with Crippen LogP contribution in [0.1, 0.15) is 0 Å². The van der Waals surface area contributed by atoms with Gasteiger partial charge in [-0.25, -0.2) is 4.68 Å². The van der Waals surface area contributed by atoms with Crippen molar-refractivity contribution in [3.8, 4) is 22.7 Å². The third kappa shape index (κ3) is 3.11. The van der Waals surface area contributed by atoms with Crippen LogP contribution in [0.4, 0.5) is 0 Å². The fourth-order valence-corrected chi connectivity index (χ4v) is 3.79. The molecule has 0 saturated carbocycles. The molecule has 29 heavy (non-hydrogen) atoms. The van der Waals surface area contributed by atoms with E-state index in [9.17, 15) is 0 Å². The molecular weight excluding hydrogens is 405 g/mol. The van der Waals surface area contributed by atoms with Crippen LogP contribution in [0.5, 0.6) is 5.75 Å². The Morgan fingerprint density at radius 1 is 0.828 bits per heavy atom. The number of rotatable bonds is 3. The number of pyridine rings is 1. The van der Waals surface area contributed by atoms with Crippen LogP contribution < -0.4 is 4.74 Å². The van der Waals surface area contributed by atoms with Gasteiger partial charge in [-0.1, -0.05) is 23.2 Å². The van der Waals surface area contributed by atoms with Gasteiger partial charge in [0.2, 0.25) is 0 Å². The third-order valence-electron chi connectivity index (χ3n) is 4.90. The van der Waals surface area contributed by atoms with Crippen LogP contribution in [0.2, 0.25) is 10.0 Å². The van der Waals surface area contributed by atoms with Gasteiger partial charge in [0, 0.05) is 32.6 Å². The minimum absolute atomic E-state index is 0.654. The second kappa shape index (κ2) is 7.07. The molecule has 0 spiro atoms. The lowest BCUT2D eigenvalue weighted by molar-refractivity contribution is 0.415. The highest BCUT2D eigenvalue weighted by Gasteiger charge is 2.17. The maximum absolute atomic E-state index is 6.31. The summed E-state index contributed by atoms with van der Waals surface area (Å²) in [6.45, 7) is 0. The van der Waals surface area contributed by atoms with Crippen molar-refractivity contribution in [3.05, 3.63) is 83.0 Å². The summed E-state index contributed by atoms with van der Waals surface area (Å²) < 4.78 is 7.21. The second-order valence-electron chi connectivity index (χ2n) is 6.65. The quantitative estimate of drug-likeness (QED) is 0.332. The third-order valence-corrected chi connectivity index (χ3v) is 5.39. The average molecular weight is 420 g/mol. The fourth-order valence-electron chi connectivity index (χ4n) is 3.49. The Balaban J connectivity index is 1.86. The van der Waals surface area contributed by atoms with E-state index in [1.165, 1.54) is 0 Å². The number of fused-ring (bicyclic) bond motifs is 3. The lowest BCUT2D eigenvalue weighted by Crippen LogP contribution is -1.97. The SMILES string of the molecule is COc1ccc(-c2nn(-c3ccc(Cl)cc3)c3c2cnc2ccc(Cl)cc23)cc1. The van der Waals surface area contributed by atoms with E-state index in [2.05, 4.69) is 4.98 Å². The Kier molecular flexibility index (Phi) is 4.38. The highest BCUT2D eigenvalue weighted by Crippen LogP contribution is 2.35. The fraction of sp³-hybridized carbons (Fsp3) is 0.0435. The minimum atomic E-state index is 0.654. The molecule has 0 unspecified atom stereocenters. The van der Waals surface area contributed by atoms with Crippen molar-refractivity contribution < 1.29 is 4.74 Å². The van der Waals surface area contributed by atoms with Crippen LogP contribution in [0.3, 0.4) is 0 Å². The molecule has 6 heteroatoms. The van der Waals surface area contributed by atoms with E-state index in [-0.39, 0.29) is 0 Å². The molecule has 142 valence electrons. The van der Waals surface area contributed by atoms with Crippen molar-refractivity contribution in [2.45, 2.75) is 0 Å². The van der Waals surface area contributed by atoms with Gasteiger partial charge < -0.3 is 4.74 Å². The summed E-state index contributed by atoms with van der Waals surface area (Å²) in [6.07, 6.45) is 1.87. The van der Waals surface area contributed by atoms with E-state index in [0.717, 1.165) is 44.5 Å². The maximum atomic E-state index is 6.31. The molecule has 0 atom stereocenters.